The Balaban J connectivity index is 1.80. The summed E-state index contributed by atoms with van der Waals surface area (Å²) in [5.74, 6) is 0.549. The standard InChI is InChI=1S/C14H18Cl2N2O/c15-12-4-3-11(13(16)7-12)6-14(19)18-9-10-2-1-5-17-8-10/h3-4,7,10,17H,1-2,5-6,8-9H2,(H,18,19). The molecule has 1 unspecified atom stereocenters. The molecule has 1 heterocycles. The molecule has 0 bridgehead atoms. The topological polar surface area (TPSA) is 41.1 Å². The van der Waals surface area contributed by atoms with E-state index in [4.69, 9.17) is 23.2 Å². The molecule has 1 amide bonds. The molecule has 1 aromatic carbocycles. The van der Waals surface area contributed by atoms with Crippen LogP contribution in [0.4, 0.5) is 0 Å². The molecule has 2 rings (SSSR count). The quantitative estimate of drug-likeness (QED) is 0.897. The van der Waals surface area contributed by atoms with Crippen LogP contribution in [0.1, 0.15) is 18.4 Å². The van der Waals surface area contributed by atoms with Crippen molar-refractivity contribution in [3.05, 3.63) is 33.8 Å². The fraction of sp³-hybridized carbons (Fsp3) is 0.500. The van der Waals surface area contributed by atoms with Gasteiger partial charge in [-0.05, 0) is 49.5 Å². The SMILES string of the molecule is O=C(Cc1ccc(Cl)cc1Cl)NCC1CCCNC1. The second-order valence-corrected chi connectivity index (χ2v) is 5.77. The van der Waals surface area contributed by atoms with Crippen LogP contribution in [0.2, 0.25) is 10.0 Å². The number of nitrogens with one attached hydrogen (secondary N) is 2. The Kier molecular flexibility index (Phi) is 5.49. The van der Waals surface area contributed by atoms with Crippen LogP contribution >= 0.6 is 23.2 Å². The van der Waals surface area contributed by atoms with Crippen molar-refractivity contribution in [3.8, 4) is 0 Å². The molecule has 2 N–H and O–H groups in total. The normalized spacial score (nSPS) is 19.2. The molecular formula is C14H18Cl2N2O. The van der Waals surface area contributed by atoms with E-state index in [2.05, 4.69) is 10.6 Å². The lowest BCUT2D eigenvalue weighted by Crippen LogP contribution is -2.38. The predicted octanol–water partition coefficient (Wildman–Crippen LogP) is 2.65. The number of hydrogen-bond donors (Lipinski definition) is 2. The lowest BCUT2D eigenvalue weighted by Gasteiger charge is -2.22. The van der Waals surface area contributed by atoms with E-state index in [0.717, 1.165) is 25.2 Å². The molecule has 5 heteroatoms. The summed E-state index contributed by atoms with van der Waals surface area (Å²) in [5, 5.41) is 7.44. The number of rotatable bonds is 4. The highest BCUT2D eigenvalue weighted by molar-refractivity contribution is 6.35. The Labute approximate surface area is 123 Å². The zero-order valence-corrected chi connectivity index (χ0v) is 12.2. The molecule has 0 radical (unpaired) electrons. The highest BCUT2D eigenvalue weighted by Gasteiger charge is 2.14. The third-order valence-corrected chi connectivity index (χ3v) is 3.94. The second-order valence-electron chi connectivity index (χ2n) is 4.93. The van der Waals surface area contributed by atoms with Crippen LogP contribution in [-0.2, 0) is 11.2 Å². The summed E-state index contributed by atoms with van der Waals surface area (Å²) in [6.07, 6.45) is 2.66. The van der Waals surface area contributed by atoms with E-state index >= 15 is 0 Å². The van der Waals surface area contributed by atoms with Crippen molar-refractivity contribution in [1.29, 1.82) is 0 Å². The van der Waals surface area contributed by atoms with Gasteiger partial charge in [-0.3, -0.25) is 4.79 Å². The minimum Gasteiger partial charge on any atom is -0.355 e. The van der Waals surface area contributed by atoms with Crippen LogP contribution < -0.4 is 10.6 Å². The van der Waals surface area contributed by atoms with Gasteiger partial charge >= 0.3 is 0 Å². The molecule has 1 aliphatic heterocycles. The van der Waals surface area contributed by atoms with Crippen molar-refractivity contribution in [2.75, 3.05) is 19.6 Å². The van der Waals surface area contributed by atoms with Crippen molar-refractivity contribution in [2.45, 2.75) is 19.3 Å². The van der Waals surface area contributed by atoms with E-state index < -0.39 is 0 Å². The Hall–Kier alpha value is -0.770. The second kappa shape index (κ2) is 7.13. The first kappa shape index (κ1) is 14.6. The van der Waals surface area contributed by atoms with Crippen LogP contribution in [0, 0.1) is 5.92 Å². The average molecular weight is 301 g/mol. The van der Waals surface area contributed by atoms with Crippen LogP contribution in [-0.4, -0.2) is 25.5 Å². The van der Waals surface area contributed by atoms with Gasteiger partial charge in [0.25, 0.3) is 0 Å². The summed E-state index contributed by atoms with van der Waals surface area (Å²) in [6, 6.07) is 5.21. The molecule has 1 fully saturated rings. The Bertz CT molecular complexity index is 445. The summed E-state index contributed by atoms with van der Waals surface area (Å²) in [7, 11) is 0. The maximum atomic E-state index is 11.9. The van der Waals surface area contributed by atoms with Crippen molar-refractivity contribution in [2.24, 2.45) is 5.92 Å². The van der Waals surface area contributed by atoms with Crippen molar-refractivity contribution in [3.63, 3.8) is 0 Å². The van der Waals surface area contributed by atoms with Gasteiger partial charge in [0.05, 0.1) is 6.42 Å². The number of piperidine rings is 1. The molecule has 0 saturated carbocycles. The van der Waals surface area contributed by atoms with Crippen molar-refractivity contribution < 1.29 is 4.79 Å². The molecule has 1 aromatic rings. The van der Waals surface area contributed by atoms with Crippen LogP contribution in [0.25, 0.3) is 0 Å². The lowest BCUT2D eigenvalue weighted by molar-refractivity contribution is -0.120. The number of carbonyl (C=O) groups is 1. The Morgan fingerprint density at radius 2 is 2.26 bits per heavy atom. The molecular weight excluding hydrogens is 283 g/mol. The molecule has 1 atom stereocenters. The highest BCUT2D eigenvalue weighted by atomic mass is 35.5. The van der Waals surface area contributed by atoms with Gasteiger partial charge in [0, 0.05) is 16.6 Å². The highest BCUT2D eigenvalue weighted by Crippen LogP contribution is 2.21. The molecule has 104 valence electrons. The van der Waals surface area contributed by atoms with Crippen LogP contribution in [0.5, 0.6) is 0 Å². The molecule has 3 nitrogen and oxygen atoms in total. The number of halogens is 2. The van der Waals surface area contributed by atoms with Gasteiger partial charge in [-0.2, -0.15) is 0 Å². The summed E-state index contributed by atoms with van der Waals surface area (Å²) in [5.41, 5.74) is 0.810. The fourth-order valence-electron chi connectivity index (χ4n) is 2.26. The van der Waals surface area contributed by atoms with Gasteiger partial charge in [0.1, 0.15) is 0 Å². The third kappa shape index (κ3) is 4.68. The first-order valence-electron chi connectivity index (χ1n) is 6.56. The van der Waals surface area contributed by atoms with Gasteiger partial charge in [-0.15, -0.1) is 0 Å². The minimum atomic E-state index is 0.00907. The van der Waals surface area contributed by atoms with Gasteiger partial charge < -0.3 is 10.6 Å². The number of hydrogen-bond acceptors (Lipinski definition) is 2. The first-order chi connectivity index (χ1) is 9.15. The number of benzene rings is 1. The largest absolute Gasteiger partial charge is 0.355 e. The van der Waals surface area contributed by atoms with Crippen LogP contribution in [0.3, 0.4) is 0 Å². The number of amides is 1. The number of carbonyl (C=O) groups excluding carboxylic acids is 1. The molecule has 1 aliphatic rings. The lowest BCUT2D eigenvalue weighted by atomic mass is 10.00. The van der Waals surface area contributed by atoms with E-state index in [0.29, 0.717) is 22.4 Å². The van der Waals surface area contributed by atoms with E-state index in [9.17, 15) is 4.79 Å². The van der Waals surface area contributed by atoms with Gasteiger partial charge in [-0.1, -0.05) is 29.3 Å². The summed E-state index contributed by atoms with van der Waals surface area (Å²) in [4.78, 5) is 11.9. The van der Waals surface area contributed by atoms with E-state index in [1.807, 2.05) is 0 Å². The zero-order chi connectivity index (χ0) is 13.7. The van der Waals surface area contributed by atoms with Gasteiger partial charge in [-0.25, -0.2) is 0 Å². The average Bonchev–Trinajstić information content (AvgIpc) is 2.41. The summed E-state index contributed by atoms with van der Waals surface area (Å²) in [6.45, 7) is 2.81. The Morgan fingerprint density at radius 3 is 2.95 bits per heavy atom. The van der Waals surface area contributed by atoms with Gasteiger partial charge in [0.15, 0.2) is 0 Å². The third-order valence-electron chi connectivity index (χ3n) is 3.35. The Morgan fingerprint density at radius 1 is 1.42 bits per heavy atom. The molecule has 0 aliphatic carbocycles. The molecule has 1 saturated heterocycles. The first-order valence-corrected chi connectivity index (χ1v) is 7.32. The van der Waals surface area contributed by atoms with E-state index in [1.54, 1.807) is 18.2 Å². The van der Waals surface area contributed by atoms with Crippen LogP contribution in [0.15, 0.2) is 18.2 Å². The van der Waals surface area contributed by atoms with Gasteiger partial charge in [0.2, 0.25) is 5.91 Å². The summed E-state index contributed by atoms with van der Waals surface area (Å²) < 4.78 is 0. The minimum absolute atomic E-state index is 0.00907. The maximum Gasteiger partial charge on any atom is 0.224 e. The predicted molar refractivity (Wildman–Crippen MR) is 78.8 cm³/mol. The monoisotopic (exact) mass is 300 g/mol. The maximum absolute atomic E-state index is 11.9. The molecule has 0 aromatic heterocycles. The fourth-order valence-corrected chi connectivity index (χ4v) is 2.73. The molecule has 0 spiro atoms. The van der Waals surface area contributed by atoms with Crippen molar-refractivity contribution in [1.82, 2.24) is 10.6 Å². The van der Waals surface area contributed by atoms with E-state index in [-0.39, 0.29) is 5.91 Å². The van der Waals surface area contributed by atoms with Crippen molar-refractivity contribution >= 4 is 29.1 Å². The molecule has 19 heavy (non-hydrogen) atoms. The smallest absolute Gasteiger partial charge is 0.224 e. The summed E-state index contributed by atoms with van der Waals surface area (Å²) >= 11 is 11.9. The zero-order valence-electron chi connectivity index (χ0n) is 10.7. The van der Waals surface area contributed by atoms with E-state index in [1.165, 1.54) is 12.8 Å².